The van der Waals surface area contributed by atoms with E-state index in [2.05, 4.69) is 15.3 Å². The number of aromatic nitrogens is 2. The lowest BCUT2D eigenvalue weighted by atomic mass is 10.1. The standard InChI is InChI=1S/C18H25N5O4S/c1-4-6-13(19)15-16(21-3)18(24)23-17(22-15)12-10-11(28(20,25)26)7-8-14(12)27-9-5-2/h7-8,10,19,21H,4-6,9H2,1-3H3,(H2,20,25,26)(H,22,23,24). The van der Waals surface area contributed by atoms with E-state index in [1.165, 1.54) is 18.2 Å². The van der Waals surface area contributed by atoms with E-state index < -0.39 is 15.6 Å². The van der Waals surface area contributed by atoms with Crippen molar-refractivity contribution in [2.75, 3.05) is 19.0 Å². The number of aromatic amines is 1. The molecule has 0 bridgehead atoms. The Morgan fingerprint density at radius 3 is 2.61 bits per heavy atom. The number of nitrogens with two attached hydrogens (primary N) is 1. The average Bonchev–Trinajstić information content (AvgIpc) is 2.65. The van der Waals surface area contributed by atoms with E-state index in [0.29, 0.717) is 18.8 Å². The second-order valence-electron chi connectivity index (χ2n) is 6.17. The van der Waals surface area contributed by atoms with E-state index in [0.717, 1.165) is 12.8 Å². The van der Waals surface area contributed by atoms with Crippen LogP contribution >= 0.6 is 0 Å². The van der Waals surface area contributed by atoms with Crippen LogP contribution in [0.15, 0.2) is 27.9 Å². The molecular formula is C18H25N5O4S. The van der Waals surface area contributed by atoms with E-state index in [9.17, 15) is 13.2 Å². The molecule has 28 heavy (non-hydrogen) atoms. The molecule has 2 rings (SSSR count). The number of hydrogen-bond donors (Lipinski definition) is 4. The lowest BCUT2D eigenvalue weighted by Gasteiger charge is -2.14. The van der Waals surface area contributed by atoms with Gasteiger partial charge in [-0.25, -0.2) is 18.5 Å². The Balaban J connectivity index is 2.74. The third-order valence-electron chi connectivity index (χ3n) is 3.95. The number of rotatable bonds is 9. The van der Waals surface area contributed by atoms with Crippen LogP contribution < -0.4 is 20.8 Å². The van der Waals surface area contributed by atoms with Gasteiger partial charge in [0.1, 0.15) is 23.0 Å². The minimum atomic E-state index is -3.96. The monoisotopic (exact) mass is 407 g/mol. The number of nitrogens with zero attached hydrogens (tertiary/aromatic N) is 1. The van der Waals surface area contributed by atoms with Crippen LogP contribution in [0.4, 0.5) is 5.69 Å². The molecule has 0 aliphatic heterocycles. The Morgan fingerprint density at radius 1 is 1.32 bits per heavy atom. The fourth-order valence-electron chi connectivity index (χ4n) is 2.63. The Kier molecular flexibility index (Phi) is 6.92. The maximum Gasteiger partial charge on any atom is 0.275 e. The number of anilines is 1. The minimum Gasteiger partial charge on any atom is -0.493 e. The van der Waals surface area contributed by atoms with Gasteiger partial charge in [-0.3, -0.25) is 4.79 Å². The van der Waals surface area contributed by atoms with Crippen LogP contribution in [0.2, 0.25) is 0 Å². The summed E-state index contributed by atoms with van der Waals surface area (Å²) in [5, 5.41) is 16.2. The van der Waals surface area contributed by atoms with Crippen LogP contribution in [0.5, 0.6) is 5.75 Å². The maximum absolute atomic E-state index is 12.5. The van der Waals surface area contributed by atoms with Crippen molar-refractivity contribution in [3.05, 3.63) is 34.2 Å². The first-order valence-electron chi connectivity index (χ1n) is 8.92. The highest BCUT2D eigenvalue weighted by atomic mass is 32.2. The van der Waals surface area contributed by atoms with Crippen LogP contribution in [0.25, 0.3) is 11.4 Å². The first-order valence-corrected chi connectivity index (χ1v) is 10.5. The van der Waals surface area contributed by atoms with Crippen molar-refractivity contribution in [1.82, 2.24) is 9.97 Å². The summed E-state index contributed by atoms with van der Waals surface area (Å²) >= 11 is 0. The average molecular weight is 407 g/mol. The van der Waals surface area contributed by atoms with Gasteiger partial charge in [0, 0.05) is 7.05 Å². The molecule has 9 nitrogen and oxygen atoms in total. The summed E-state index contributed by atoms with van der Waals surface area (Å²) in [4.78, 5) is 19.5. The van der Waals surface area contributed by atoms with Gasteiger partial charge >= 0.3 is 0 Å². The molecule has 0 saturated carbocycles. The Hall–Kier alpha value is -2.72. The van der Waals surface area contributed by atoms with Crippen LogP contribution in [-0.4, -0.2) is 37.8 Å². The van der Waals surface area contributed by atoms with Crippen molar-refractivity contribution in [2.24, 2.45) is 5.14 Å². The van der Waals surface area contributed by atoms with E-state index in [1.54, 1.807) is 7.05 Å². The molecule has 0 unspecified atom stereocenters. The summed E-state index contributed by atoms with van der Waals surface area (Å²) in [6.45, 7) is 4.26. The van der Waals surface area contributed by atoms with Crippen molar-refractivity contribution in [1.29, 1.82) is 5.41 Å². The number of primary sulfonamides is 1. The molecular weight excluding hydrogens is 382 g/mol. The predicted molar refractivity (Wildman–Crippen MR) is 109 cm³/mol. The lowest BCUT2D eigenvalue weighted by Crippen LogP contribution is -2.20. The second kappa shape index (κ2) is 8.98. The van der Waals surface area contributed by atoms with Crippen molar-refractivity contribution in [3.63, 3.8) is 0 Å². The number of ether oxygens (including phenoxy) is 1. The minimum absolute atomic E-state index is 0.108. The fraction of sp³-hybridized carbons (Fsp3) is 0.389. The van der Waals surface area contributed by atoms with Gasteiger partial charge in [0.25, 0.3) is 5.56 Å². The highest BCUT2D eigenvalue weighted by Crippen LogP contribution is 2.30. The van der Waals surface area contributed by atoms with Crippen molar-refractivity contribution in [2.45, 2.75) is 38.0 Å². The van der Waals surface area contributed by atoms with Crippen LogP contribution in [0.1, 0.15) is 38.8 Å². The predicted octanol–water partition coefficient (Wildman–Crippen LogP) is 2.08. The Labute approximate surface area is 163 Å². The molecule has 0 aliphatic carbocycles. The van der Waals surface area contributed by atoms with Crippen molar-refractivity contribution in [3.8, 4) is 17.1 Å². The van der Waals surface area contributed by atoms with Gasteiger partial charge in [0.15, 0.2) is 0 Å². The summed E-state index contributed by atoms with van der Waals surface area (Å²) in [5.74, 6) is 0.471. The molecule has 0 spiro atoms. The summed E-state index contributed by atoms with van der Waals surface area (Å²) in [5.41, 5.74) is 0.417. The fourth-order valence-corrected chi connectivity index (χ4v) is 3.17. The highest BCUT2D eigenvalue weighted by molar-refractivity contribution is 7.89. The summed E-state index contributed by atoms with van der Waals surface area (Å²) in [6, 6.07) is 4.13. The van der Waals surface area contributed by atoms with Gasteiger partial charge in [0.2, 0.25) is 10.0 Å². The molecule has 0 radical (unpaired) electrons. The molecule has 152 valence electrons. The molecule has 0 atom stereocenters. The molecule has 5 N–H and O–H groups in total. The molecule has 0 fully saturated rings. The van der Waals surface area contributed by atoms with E-state index in [-0.39, 0.29) is 33.4 Å². The molecule has 10 heteroatoms. The van der Waals surface area contributed by atoms with Gasteiger partial charge < -0.3 is 20.4 Å². The molecule has 1 aromatic carbocycles. The van der Waals surface area contributed by atoms with Gasteiger partial charge in [-0.2, -0.15) is 0 Å². The lowest BCUT2D eigenvalue weighted by molar-refractivity contribution is 0.318. The topological polar surface area (TPSA) is 151 Å². The number of hydrogen-bond acceptors (Lipinski definition) is 7. The van der Waals surface area contributed by atoms with Crippen molar-refractivity contribution < 1.29 is 13.2 Å². The molecule has 0 amide bonds. The van der Waals surface area contributed by atoms with E-state index in [4.69, 9.17) is 15.3 Å². The van der Waals surface area contributed by atoms with Gasteiger partial charge in [-0.15, -0.1) is 0 Å². The number of H-pyrrole nitrogens is 1. The quantitative estimate of drug-likeness (QED) is 0.467. The van der Waals surface area contributed by atoms with Gasteiger partial charge in [0.05, 0.1) is 22.8 Å². The number of nitrogens with one attached hydrogen (secondary N) is 3. The first kappa shape index (κ1) is 21.6. The number of benzene rings is 1. The van der Waals surface area contributed by atoms with E-state index in [1.807, 2.05) is 13.8 Å². The second-order valence-corrected chi connectivity index (χ2v) is 7.73. The van der Waals surface area contributed by atoms with Gasteiger partial charge in [-0.1, -0.05) is 20.3 Å². The molecule has 1 heterocycles. The Morgan fingerprint density at radius 2 is 2.04 bits per heavy atom. The first-order chi connectivity index (χ1) is 13.2. The largest absolute Gasteiger partial charge is 0.493 e. The molecule has 2 aromatic rings. The maximum atomic E-state index is 12.5. The van der Waals surface area contributed by atoms with Gasteiger partial charge in [-0.05, 0) is 31.0 Å². The molecule has 0 aliphatic rings. The zero-order valence-corrected chi connectivity index (χ0v) is 16.9. The third kappa shape index (κ3) is 4.76. The normalized spacial score (nSPS) is 11.3. The summed E-state index contributed by atoms with van der Waals surface area (Å²) in [7, 11) is -2.38. The molecule has 0 saturated heterocycles. The van der Waals surface area contributed by atoms with Crippen LogP contribution in [0.3, 0.4) is 0 Å². The zero-order chi connectivity index (χ0) is 20.9. The van der Waals surface area contributed by atoms with Crippen LogP contribution in [0, 0.1) is 5.41 Å². The summed E-state index contributed by atoms with van der Waals surface area (Å²) in [6.07, 6.45) is 1.91. The summed E-state index contributed by atoms with van der Waals surface area (Å²) < 4.78 is 29.2. The Bertz CT molecular complexity index is 1030. The van der Waals surface area contributed by atoms with E-state index >= 15 is 0 Å². The highest BCUT2D eigenvalue weighted by Gasteiger charge is 2.19. The molecule has 1 aromatic heterocycles. The SMILES string of the molecule is CCCOc1ccc(S(N)(=O)=O)cc1-c1nc(C(=N)CCC)c(NC)c(=O)[nH]1. The van der Waals surface area contributed by atoms with Crippen LogP contribution in [-0.2, 0) is 10.0 Å². The van der Waals surface area contributed by atoms with Crippen molar-refractivity contribution >= 4 is 21.4 Å². The third-order valence-corrected chi connectivity index (χ3v) is 4.86. The number of sulfonamides is 1. The zero-order valence-electron chi connectivity index (χ0n) is 16.1. The smallest absolute Gasteiger partial charge is 0.275 e.